The van der Waals surface area contributed by atoms with Crippen LogP contribution in [0.4, 0.5) is 0 Å². The van der Waals surface area contributed by atoms with Crippen LogP contribution in [0.5, 0.6) is 0 Å². The Kier molecular flexibility index (Phi) is 3.07. The molecule has 0 amide bonds. The summed E-state index contributed by atoms with van der Waals surface area (Å²) in [6.45, 7) is 6.87. The van der Waals surface area contributed by atoms with Crippen molar-refractivity contribution in [1.29, 1.82) is 0 Å². The number of hydrogen-bond donors (Lipinski definition) is 0. The van der Waals surface area contributed by atoms with Gasteiger partial charge in [-0.3, -0.25) is 9.88 Å². The summed E-state index contributed by atoms with van der Waals surface area (Å²) >= 11 is 5.97. The summed E-state index contributed by atoms with van der Waals surface area (Å²) in [5, 5.41) is 0.739. The SMILES string of the molecule is CCN1CC2CC(C1)N2Cc1cncc(Cl)c1. The summed E-state index contributed by atoms with van der Waals surface area (Å²) in [6, 6.07) is 3.51. The standard InChI is InChI=1S/C13H18ClN3/c1-2-16-8-12-4-13(9-16)17(12)7-10-3-11(14)6-15-5-10/h3,5-6,12-13H,2,4,7-9H2,1H3. The van der Waals surface area contributed by atoms with Crippen LogP contribution in [0.1, 0.15) is 18.9 Å². The Morgan fingerprint density at radius 2 is 2.12 bits per heavy atom. The van der Waals surface area contributed by atoms with Gasteiger partial charge in [0.15, 0.2) is 0 Å². The third-order valence-corrected chi connectivity index (χ3v) is 4.20. The van der Waals surface area contributed by atoms with Gasteiger partial charge in [-0.25, -0.2) is 0 Å². The Labute approximate surface area is 107 Å². The van der Waals surface area contributed by atoms with Crippen molar-refractivity contribution in [3.8, 4) is 0 Å². The van der Waals surface area contributed by atoms with Gasteiger partial charge >= 0.3 is 0 Å². The topological polar surface area (TPSA) is 19.4 Å². The number of rotatable bonds is 3. The predicted molar refractivity (Wildman–Crippen MR) is 69.1 cm³/mol. The maximum absolute atomic E-state index is 5.97. The minimum atomic E-state index is 0.739. The minimum Gasteiger partial charge on any atom is -0.301 e. The van der Waals surface area contributed by atoms with Crippen molar-refractivity contribution < 1.29 is 0 Å². The summed E-state index contributed by atoms with van der Waals surface area (Å²) in [5.74, 6) is 0. The van der Waals surface area contributed by atoms with Crippen LogP contribution in [-0.2, 0) is 6.54 Å². The average Bonchev–Trinajstić information content (AvgIpc) is 2.36. The number of piperazine rings is 1. The second-order valence-electron chi connectivity index (χ2n) is 5.08. The molecule has 0 aromatic carbocycles. The van der Waals surface area contributed by atoms with E-state index in [2.05, 4.69) is 21.7 Å². The van der Waals surface area contributed by atoms with Gasteiger partial charge in [-0.05, 0) is 24.6 Å². The molecule has 92 valence electrons. The number of fused-ring (bicyclic) bond motifs is 2. The molecule has 2 bridgehead atoms. The molecule has 0 N–H and O–H groups in total. The molecule has 2 atom stereocenters. The molecule has 1 aromatic rings. The zero-order valence-corrected chi connectivity index (χ0v) is 10.9. The van der Waals surface area contributed by atoms with E-state index < -0.39 is 0 Å². The smallest absolute Gasteiger partial charge is 0.0592 e. The first-order valence-corrected chi connectivity index (χ1v) is 6.71. The van der Waals surface area contributed by atoms with Gasteiger partial charge in [-0.15, -0.1) is 0 Å². The first-order chi connectivity index (χ1) is 8.26. The first-order valence-electron chi connectivity index (χ1n) is 6.34. The van der Waals surface area contributed by atoms with Crippen molar-refractivity contribution in [3.63, 3.8) is 0 Å². The second-order valence-corrected chi connectivity index (χ2v) is 5.52. The van der Waals surface area contributed by atoms with Gasteiger partial charge in [0, 0.05) is 44.1 Å². The second kappa shape index (κ2) is 4.56. The fourth-order valence-electron chi connectivity index (χ4n) is 3.04. The van der Waals surface area contributed by atoms with E-state index in [1.165, 1.54) is 31.6 Å². The number of nitrogens with zero attached hydrogens (tertiary/aromatic N) is 3. The van der Waals surface area contributed by atoms with E-state index in [-0.39, 0.29) is 0 Å². The normalized spacial score (nSPS) is 29.1. The van der Waals surface area contributed by atoms with Gasteiger partial charge in [0.25, 0.3) is 0 Å². The highest BCUT2D eigenvalue weighted by Gasteiger charge is 2.43. The lowest BCUT2D eigenvalue weighted by atomic mass is 9.87. The van der Waals surface area contributed by atoms with Gasteiger partial charge in [0.05, 0.1) is 5.02 Å². The van der Waals surface area contributed by atoms with Crippen molar-refractivity contribution in [3.05, 3.63) is 29.0 Å². The lowest BCUT2D eigenvalue weighted by Gasteiger charge is -2.56. The summed E-state index contributed by atoms with van der Waals surface area (Å²) in [5.41, 5.74) is 1.23. The Hall–Kier alpha value is -0.640. The molecule has 17 heavy (non-hydrogen) atoms. The lowest BCUT2D eigenvalue weighted by Crippen LogP contribution is -2.67. The maximum atomic E-state index is 5.97. The van der Waals surface area contributed by atoms with Crippen LogP contribution in [0, 0.1) is 0 Å². The largest absolute Gasteiger partial charge is 0.301 e. The fraction of sp³-hybridized carbons (Fsp3) is 0.615. The first kappa shape index (κ1) is 11.5. The highest BCUT2D eigenvalue weighted by Crippen LogP contribution is 2.33. The third kappa shape index (κ3) is 2.19. The molecule has 4 rings (SSSR count). The molecule has 4 heteroatoms. The van der Waals surface area contributed by atoms with Crippen molar-refractivity contribution >= 4 is 11.6 Å². The summed E-state index contributed by atoms with van der Waals surface area (Å²) in [7, 11) is 0. The lowest BCUT2D eigenvalue weighted by molar-refractivity contribution is -0.0732. The number of pyridine rings is 1. The Bertz CT molecular complexity index is 397. The molecular formula is C13H18ClN3. The molecule has 1 aromatic heterocycles. The Morgan fingerprint density at radius 1 is 1.35 bits per heavy atom. The van der Waals surface area contributed by atoms with Crippen LogP contribution in [0.2, 0.25) is 5.02 Å². The molecule has 3 saturated heterocycles. The average molecular weight is 252 g/mol. The van der Waals surface area contributed by atoms with Crippen molar-refractivity contribution in [2.45, 2.75) is 32.0 Å². The quantitative estimate of drug-likeness (QED) is 0.819. The van der Waals surface area contributed by atoms with Crippen LogP contribution in [0.15, 0.2) is 18.5 Å². The van der Waals surface area contributed by atoms with E-state index in [0.717, 1.165) is 23.7 Å². The van der Waals surface area contributed by atoms with E-state index in [9.17, 15) is 0 Å². The predicted octanol–water partition coefficient (Wildman–Crippen LogP) is 2.01. The number of piperidine rings is 1. The van der Waals surface area contributed by atoms with Gasteiger partial charge < -0.3 is 4.90 Å². The molecule has 4 heterocycles. The molecule has 2 unspecified atom stereocenters. The molecule has 0 radical (unpaired) electrons. The van der Waals surface area contributed by atoms with E-state index in [1.54, 1.807) is 6.20 Å². The molecule has 0 saturated carbocycles. The molecule has 0 aliphatic carbocycles. The van der Waals surface area contributed by atoms with Crippen molar-refractivity contribution in [2.75, 3.05) is 19.6 Å². The molecular weight excluding hydrogens is 234 g/mol. The molecule has 0 spiro atoms. The van der Waals surface area contributed by atoms with Crippen LogP contribution in [0.25, 0.3) is 0 Å². The molecule has 3 aliphatic heterocycles. The number of halogens is 1. The summed E-state index contributed by atoms with van der Waals surface area (Å²) in [6.07, 6.45) is 4.99. The number of hydrogen-bond acceptors (Lipinski definition) is 3. The maximum Gasteiger partial charge on any atom is 0.0592 e. The van der Waals surface area contributed by atoms with E-state index in [1.807, 2.05) is 12.3 Å². The molecule has 3 nitrogen and oxygen atoms in total. The van der Waals surface area contributed by atoms with Gasteiger partial charge in [-0.2, -0.15) is 0 Å². The van der Waals surface area contributed by atoms with E-state index in [0.29, 0.717) is 0 Å². The molecule has 3 fully saturated rings. The van der Waals surface area contributed by atoms with Crippen molar-refractivity contribution in [2.24, 2.45) is 0 Å². The van der Waals surface area contributed by atoms with Crippen LogP contribution in [-0.4, -0.2) is 46.5 Å². The molecule has 3 aliphatic rings. The van der Waals surface area contributed by atoms with Crippen LogP contribution in [0.3, 0.4) is 0 Å². The summed E-state index contributed by atoms with van der Waals surface area (Å²) in [4.78, 5) is 9.30. The highest BCUT2D eigenvalue weighted by molar-refractivity contribution is 6.30. The van der Waals surface area contributed by atoms with Gasteiger partial charge in [-0.1, -0.05) is 18.5 Å². The zero-order chi connectivity index (χ0) is 11.8. The minimum absolute atomic E-state index is 0.739. The summed E-state index contributed by atoms with van der Waals surface area (Å²) < 4.78 is 0. The Morgan fingerprint density at radius 3 is 2.76 bits per heavy atom. The number of likely N-dealkylation sites (N-methyl/N-ethyl adjacent to an activating group) is 1. The fourth-order valence-corrected chi connectivity index (χ4v) is 3.24. The Balaban J connectivity index is 1.65. The van der Waals surface area contributed by atoms with Gasteiger partial charge in [0.1, 0.15) is 0 Å². The van der Waals surface area contributed by atoms with Crippen LogP contribution >= 0.6 is 11.6 Å². The zero-order valence-electron chi connectivity index (χ0n) is 10.1. The van der Waals surface area contributed by atoms with E-state index >= 15 is 0 Å². The monoisotopic (exact) mass is 251 g/mol. The highest BCUT2D eigenvalue weighted by atomic mass is 35.5. The van der Waals surface area contributed by atoms with Crippen LogP contribution < -0.4 is 0 Å². The van der Waals surface area contributed by atoms with Crippen molar-refractivity contribution in [1.82, 2.24) is 14.8 Å². The third-order valence-electron chi connectivity index (χ3n) is 3.99. The number of aromatic nitrogens is 1. The van der Waals surface area contributed by atoms with Gasteiger partial charge in [0.2, 0.25) is 0 Å². The van der Waals surface area contributed by atoms with E-state index in [4.69, 9.17) is 11.6 Å².